The SMILES string of the molecule is CCC1CCCN1S(=O)(=O)c1cc(Cl)cc(C(=O)O)c1F. The van der Waals surface area contributed by atoms with Crippen molar-refractivity contribution in [3.05, 3.63) is 28.5 Å². The molecule has 21 heavy (non-hydrogen) atoms. The summed E-state index contributed by atoms with van der Waals surface area (Å²) >= 11 is 5.74. The molecule has 116 valence electrons. The van der Waals surface area contributed by atoms with Crippen molar-refractivity contribution >= 4 is 27.6 Å². The number of hydrogen-bond acceptors (Lipinski definition) is 3. The quantitative estimate of drug-likeness (QED) is 0.918. The van der Waals surface area contributed by atoms with Gasteiger partial charge in [-0.15, -0.1) is 0 Å². The number of carboxylic acids is 1. The lowest BCUT2D eigenvalue weighted by Crippen LogP contribution is -2.35. The maximum Gasteiger partial charge on any atom is 0.338 e. The summed E-state index contributed by atoms with van der Waals surface area (Å²) < 4.78 is 40.6. The van der Waals surface area contributed by atoms with Gasteiger partial charge in [0, 0.05) is 17.6 Å². The van der Waals surface area contributed by atoms with Crippen LogP contribution in [0.15, 0.2) is 17.0 Å². The number of benzene rings is 1. The van der Waals surface area contributed by atoms with Crippen molar-refractivity contribution in [2.24, 2.45) is 0 Å². The smallest absolute Gasteiger partial charge is 0.338 e. The Balaban J connectivity index is 2.57. The number of halogens is 2. The minimum atomic E-state index is -4.10. The fourth-order valence-corrected chi connectivity index (χ4v) is 4.73. The Hall–Kier alpha value is -1.18. The summed E-state index contributed by atoms with van der Waals surface area (Å²) in [6.07, 6.45) is 2.03. The zero-order chi connectivity index (χ0) is 15.8. The molecule has 0 amide bonds. The number of carboxylic acid groups (broad SMARTS) is 1. The van der Waals surface area contributed by atoms with Crippen molar-refractivity contribution in [3.8, 4) is 0 Å². The van der Waals surface area contributed by atoms with Gasteiger partial charge in [-0.3, -0.25) is 0 Å². The average Bonchev–Trinajstić information content (AvgIpc) is 2.89. The minimum Gasteiger partial charge on any atom is -0.478 e. The molecule has 1 aliphatic heterocycles. The molecule has 1 N–H and O–H groups in total. The molecule has 0 saturated carbocycles. The molecule has 1 fully saturated rings. The Labute approximate surface area is 127 Å². The lowest BCUT2D eigenvalue weighted by atomic mass is 10.2. The third-order valence-corrected chi connectivity index (χ3v) is 5.78. The van der Waals surface area contributed by atoms with Gasteiger partial charge in [0.25, 0.3) is 0 Å². The van der Waals surface area contributed by atoms with Crippen LogP contribution >= 0.6 is 11.6 Å². The van der Waals surface area contributed by atoms with E-state index >= 15 is 0 Å². The van der Waals surface area contributed by atoms with Crippen molar-refractivity contribution in [1.82, 2.24) is 4.31 Å². The zero-order valence-electron chi connectivity index (χ0n) is 11.3. The van der Waals surface area contributed by atoms with Crippen LogP contribution in [0.1, 0.15) is 36.5 Å². The molecule has 1 aliphatic rings. The third-order valence-electron chi connectivity index (χ3n) is 3.62. The number of hydrogen-bond donors (Lipinski definition) is 1. The Kier molecular flexibility index (Phi) is 4.55. The molecule has 8 heteroatoms. The molecule has 1 unspecified atom stereocenters. The molecule has 0 spiro atoms. The van der Waals surface area contributed by atoms with Crippen molar-refractivity contribution < 1.29 is 22.7 Å². The van der Waals surface area contributed by atoms with Crippen molar-refractivity contribution in [1.29, 1.82) is 0 Å². The van der Waals surface area contributed by atoms with E-state index in [2.05, 4.69) is 0 Å². The van der Waals surface area contributed by atoms with E-state index in [1.165, 1.54) is 4.31 Å². The molecule has 1 heterocycles. The van der Waals surface area contributed by atoms with Gasteiger partial charge in [0.2, 0.25) is 10.0 Å². The van der Waals surface area contributed by atoms with Crippen LogP contribution in [0, 0.1) is 5.82 Å². The number of nitrogens with zero attached hydrogens (tertiary/aromatic N) is 1. The highest BCUT2D eigenvalue weighted by atomic mass is 35.5. The maximum atomic E-state index is 14.2. The van der Waals surface area contributed by atoms with E-state index in [0.717, 1.165) is 12.1 Å². The largest absolute Gasteiger partial charge is 0.478 e. The predicted molar refractivity (Wildman–Crippen MR) is 75.6 cm³/mol. The van der Waals surface area contributed by atoms with E-state index in [4.69, 9.17) is 16.7 Å². The summed E-state index contributed by atoms with van der Waals surface area (Å²) in [6.45, 7) is 2.16. The van der Waals surface area contributed by atoms with Crippen LogP contribution in [0.4, 0.5) is 4.39 Å². The van der Waals surface area contributed by atoms with E-state index in [1.807, 2.05) is 6.92 Å². The van der Waals surface area contributed by atoms with Crippen LogP contribution in [-0.2, 0) is 10.0 Å². The first-order chi connectivity index (χ1) is 9.78. The summed E-state index contributed by atoms with van der Waals surface area (Å²) in [5, 5.41) is 8.81. The van der Waals surface area contributed by atoms with Crippen molar-refractivity contribution in [2.75, 3.05) is 6.54 Å². The standard InChI is InChI=1S/C13H15ClFNO4S/c1-2-9-4-3-5-16(9)21(19,20)11-7-8(14)6-10(12(11)15)13(17)18/h6-7,9H,2-5H2,1H3,(H,17,18). The predicted octanol–water partition coefficient (Wildman–Crippen LogP) is 2.74. The molecule has 1 atom stereocenters. The van der Waals surface area contributed by atoms with Gasteiger partial charge in [-0.2, -0.15) is 4.31 Å². The highest BCUT2D eigenvalue weighted by Crippen LogP contribution is 2.31. The maximum absolute atomic E-state index is 14.2. The third kappa shape index (κ3) is 2.90. The van der Waals surface area contributed by atoms with Crippen LogP contribution in [-0.4, -0.2) is 36.4 Å². The highest BCUT2D eigenvalue weighted by molar-refractivity contribution is 7.89. The average molecular weight is 336 g/mol. The molecule has 0 radical (unpaired) electrons. The van der Waals surface area contributed by atoms with E-state index < -0.39 is 32.3 Å². The summed E-state index contributed by atoms with van der Waals surface area (Å²) in [4.78, 5) is 10.3. The minimum absolute atomic E-state index is 0.125. The normalized spacial score (nSPS) is 19.9. The molecule has 0 aromatic heterocycles. The van der Waals surface area contributed by atoms with Crippen LogP contribution in [0.25, 0.3) is 0 Å². The number of aromatic carboxylic acids is 1. The second-order valence-corrected chi connectivity index (χ2v) is 7.19. The monoisotopic (exact) mass is 335 g/mol. The molecule has 0 bridgehead atoms. The van der Waals surface area contributed by atoms with E-state index in [0.29, 0.717) is 25.8 Å². The zero-order valence-corrected chi connectivity index (χ0v) is 12.9. The Morgan fingerprint density at radius 3 is 2.76 bits per heavy atom. The fraction of sp³-hybridized carbons (Fsp3) is 0.462. The fourth-order valence-electron chi connectivity index (χ4n) is 2.57. The van der Waals surface area contributed by atoms with E-state index in [1.54, 1.807) is 0 Å². The number of sulfonamides is 1. The van der Waals surface area contributed by atoms with Crippen LogP contribution in [0.5, 0.6) is 0 Å². The van der Waals surface area contributed by atoms with Gasteiger partial charge >= 0.3 is 5.97 Å². The first-order valence-corrected chi connectivity index (χ1v) is 8.35. The Morgan fingerprint density at radius 2 is 2.19 bits per heavy atom. The van der Waals surface area contributed by atoms with Crippen LogP contribution in [0.2, 0.25) is 5.02 Å². The number of carbonyl (C=O) groups is 1. The molecular weight excluding hydrogens is 321 g/mol. The second-order valence-electron chi connectivity index (χ2n) is 4.89. The molecule has 1 aromatic rings. The summed E-state index contributed by atoms with van der Waals surface area (Å²) in [5.41, 5.74) is -0.742. The van der Waals surface area contributed by atoms with Gasteiger partial charge in [-0.05, 0) is 31.4 Å². The lowest BCUT2D eigenvalue weighted by molar-refractivity contribution is 0.0691. The Bertz CT molecular complexity index is 677. The van der Waals surface area contributed by atoms with E-state index in [9.17, 15) is 17.6 Å². The summed E-state index contributed by atoms with van der Waals surface area (Å²) in [5.74, 6) is -2.83. The highest BCUT2D eigenvalue weighted by Gasteiger charge is 2.37. The lowest BCUT2D eigenvalue weighted by Gasteiger charge is -2.23. The molecule has 0 aliphatic carbocycles. The van der Waals surface area contributed by atoms with Gasteiger partial charge < -0.3 is 5.11 Å². The molecular formula is C13H15ClFNO4S. The van der Waals surface area contributed by atoms with Crippen molar-refractivity contribution in [2.45, 2.75) is 37.1 Å². The summed E-state index contributed by atoms with van der Waals surface area (Å²) in [7, 11) is -4.10. The summed E-state index contributed by atoms with van der Waals surface area (Å²) in [6, 6.07) is 1.67. The van der Waals surface area contributed by atoms with Gasteiger partial charge in [-0.1, -0.05) is 18.5 Å². The molecule has 1 saturated heterocycles. The van der Waals surface area contributed by atoms with Crippen molar-refractivity contribution in [3.63, 3.8) is 0 Å². The van der Waals surface area contributed by atoms with E-state index in [-0.39, 0.29) is 11.1 Å². The van der Waals surface area contributed by atoms with Crippen LogP contribution in [0.3, 0.4) is 0 Å². The first-order valence-electron chi connectivity index (χ1n) is 6.53. The molecule has 1 aromatic carbocycles. The van der Waals surface area contributed by atoms with Gasteiger partial charge in [-0.25, -0.2) is 17.6 Å². The Morgan fingerprint density at radius 1 is 1.52 bits per heavy atom. The second kappa shape index (κ2) is 5.90. The topological polar surface area (TPSA) is 74.7 Å². The van der Waals surface area contributed by atoms with Gasteiger partial charge in [0.1, 0.15) is 4.90 Å². The first kappa shape index (κ1) is 16.2. The molecule has 2 rings (SSSR count). The van der Waals surface area contributed by atoms with Crippen LogP contribution < -0.4 is 0 Å². The van der Waals surface area contributed by atoms with Gasteiger partial charge in [0.15, 0.2) is 5.82 Å². The molecule has 5 nitrogen and oxygen atoms in total. The van der Waals surface area contributed by atoms with Gasteiger partial charge in [0.05, 0.1) is 5.56 Å². The number of rotatable bonds is 4.